The third-order valence-corrected chi connectivity index (χ3v) is 3.27. The van der Waals surface area contributed by atoms with E-state index >= 15 is 0 Å². The number of nitrogens with one attached hydrogen (secondary N) is 2. The Kier molecular flexibility index (Phi) is 5.99. The predicted octanol–water partition coefficient (Wildman–Crippen LogP) is 3.69. The third-order valence-electron chi connectivity index (χ3n) is 2.95. The Morgan fingerprint density at radius 1 is 1.39 bits per heavy atom. The number of carbonyl (C=O) groups excluding carboxylic acids is 1. The largest absolute Gasteiger partial charge is 0.381 e. The Balaban J connectivity index is 2.89. The van der Waals surface area contributed by atoms with Crippen LogP contribution >= 0.6 is 11.6 Å². The zero-order chi connectivity index (χ0) is 13.5. The van der Waals surface area contributed by atoms with Crippen LogP contribution in [0.15, 0.2) is 18.2 Å². The van der Waals surface area contributed by atoms with Crippen LogP contribution in [0, 0.1) is 0 Å². The van der Waals surface area contributed by atoms with Gasteiger partial charge in [0.1, 0.15) is 0 Å². The number of hydrogen-bond donors (Lipinski definition) is 2. The number of anilines is 1. The van der Waals surface area contributed by atoms with E-state index < -0.39 is 0 Å². The fourth-order valence-corrected chi connectivity index (χ4v) is 2.04. The molecule has 1 amide bonds. The first-order chi connectivity index (χ1) is 8.62. The van der Waals surface area contributed by atoms with E-state index in [9.17, 15) is 4.79 Å². The van der Waals surface area contributed by atoms with Crippen LogP contribution < -0.4 is 10.6 Å². The minimum absolute atomic E-state index is 0.0988. The second-order valence-electron chi connectivity index (χ2n) is 4.31. The predicted molar refractivity (Wildman–Crippen MR) is 77.5 cm³/mol. The van der Waals surface area contributed by atoms with Crippen molar-refractivity contribution < 1.29 is 4.79 Å². The number of carbonyl (C=O) groups is 1. The summed E-state index contributed by atoms with van der Waals surface area (Å²) in [6.07, 6.45) is 3.25. The van der Waals surface area contributed by atoms with Crippen LogP contribution in [-0.4, -0.2) is 19.0 Å². The fourth-order valence-electron chi connectivity index (χ4n) is 1.87. The van der Waals surface area contributed by atoms with E-state index in [1.807, 2.05) is 0 Å². The maximum absolute atomic E-state index is 11.6. The molecule has 0 saturated carbocycles. The van der Waals surface area contributed by atoms with Gasteiger partial charge in [-0.2, -0.15) is 0 Å². The highest BCUT2D eigenvalue weighted by Crippen LogP contribution is 2.25. The maximum Gasteiger partial charge on any atom is 0.251 e. The number of halogens is 1. The molecule has 0 heterocycles. The highest BCUT2D eigenvalue weighted by molar-refractivity contribution is 6.33. The Hall–Kier alpha value is -1.22. The molecule has 1 unspecified atom stereocenters. The molecule has 0 aliphatic carbocycles. The Bertz CT molecular complexity index is 407. The van der Waals surface area contributed by atoms with Crippen LogP contribution in [-0.2, 0) is 0 Å². The second kappa shape index (κ2) is 7.27. The topological polar surface area (TPSA) is 41.1 Å². The van der Waals surface area contributed by atoms with Gasteiger partial charge < -0.3 is 10.6 Å². The molecule has 1 aromatic carbocycles. The lowest BCUT2D eigenvalue weighted by molar-refractivity contribution is 0.0963. The Morgan fingerprint density at radius 2 is 2.11 bits per heavy atom. The summed E-state index contributed by atoms with van der Waals surface area (Å²) in [5.41, 5.74) is 1.45. The van der Waals surface area contributed by atoms with Crippen LogP contribution in [0.5, 0.6) is 0 Å². The summed E-state index contributed by atoms with van der Waals surface area (Å²) in [4.78, 5) is 11.6. The lowest BCUT2D eigenvalue weighted by Crippen LogP contribution is -2.20. The molecule has 0 bridgehead atoms. The van der Waals surface area contributed by atoms with E-state index in [-0.39, 0.29) is 5.91 Å². The second-order valence-corrected chi connectivity index (χ2v) is 4.72. The van der Waals surface area contributed by atoms with Gasteiger partial charge in [-0.25, -0.2) is 0 Å². The molecule has 0 aliphatic heterocycles. The molecule has 0 spiro atoms. The zero-order valence-corrected chi connectivity index (χ0v) is 12.0. The normalized spacial score (nSPS) is 12.0. The van der Waals surface area contributed by atoms with Gasteiger partial charge in [-0.05, 0) is 31.0 Å². The van der Waals surface area contributed by atoms with Crippen molar-refractivity contribution in [2.75, 3.05) is 12.4 Å². The lowest BCUT2D eigenvalue weighted by Gasteiger charge is -2.19. The van der Waals surface area contributed by atoms with E-state index in [2.05, 4.69) is 24.5 Å². The maximum atomic E-state index is 11.6. The van der Waals surface area contributed by atoms with Crippen molar-refractivity contribution in [1.29, 1.82) is 0 Å². The number of benzene rings is 1. The molecule has 0 radical (unpaired) electrons. The molecule has 100 valence electrons. The van der Waals surface area contributed by atoms with Crippen molar-refractivity contribution in [1.82, 2.24) is 5.32 Å². The Morgan fingerprint density at radius 3 is 2.67 bits per heavy atom. The monoisotopic (exact) mass is 268 g/mol. The highest BCUT2D eigenvalue weighted by atomic mass is 35.5. The van der Waals surface area contributed by atoms with Gasteiger partial charge in [-0.3, -0.25) is 4.79 Å². The number of rotatable bonds is 6. The number of amides is 1. The molecule has 0 fully saturated rings. The van der Waals surface area contributed by atoms with Crippen molar-refractivity contribution in [2.45, 2.75) is 39.2 Å². The Labute approximate surface area is 114 Å². The minimum atomic E-state index is -0.0988. The van der Waals surface area contributed by atoms with Gasteiger partial charge in [0.05, 0.1) is 10.7 Å². The van der Waals surface area contributed by atoms with Gasteiger partial charge in [0, 0.05) is 18.7 Å². The lowest BCUT2D eigenvalue weighted by atomic mass is 10.1. The van der Waals surface area contributed by atoms with Crippen LogP contribution in [0.25, 0.3) is 0 Å². The molecule has 0 aromatic heterocycles. The van der Waals surface area contributed by atoms with E-state index in [1.165, 1.54) is 0 Å². The molecule has 1 rings (SSSR count). The molecule has 1 aromatic rings. The standard InChI is InChI=1S/C14H21ClN2O/c1-4-6-11(5-2)17-13-9-10(14(18)16-3)7-8-12(13)15/h7-9,11,17H,4-6H2,1-3H3,(H,16,18). The van der Waals surface area contributed by atoms with Gasteiger partial charge >= 0.3 is 0 Å². The smallest absolute Gasteiger partial charge is 0.251 e. The van der Waals surface area contributed by atoms with Gasteiger partial charge in [-0.1, -0.05) is 31.9 Å². The highest BCUT2D eigenvalue weighted by Gasteiger charge is 2.10. The van der Waals surface area contributed by atoms with E-state index in [1.54, 1.807) is 25.2 Å². The summed E-state index contributed by atoms with van der Waals surface area (Å²) in [7, 11) is 1.62. The first-order valence-corrected chi connectivity index (χ1v) is 6.78. The van der Waals surface area contributed by atoms with Gasteiger partial charge in [0.2, 0.25) is 0 Å². The van der Waals surface area contributed by atoms with Crippen molar-refractivity contribution in [2.24, 2.45) is 0 Å². The average Bonchev–Trinajstić information content (AvgIpc) is 2.39. The van der Waals surface area contributed by atoms with Gasteiger partial charge in [0.25, 0.3) is 5.91 Å². The summed E-state index contributed by atoms with van der Waals surface area (Å²) in [5.74, 6) is -0.0988. The summed E-state index contributed by atoms with van der Waals surface area (Å²) in [5, 5.41) is 6.67. The molecule has 0 aliphatic rings. The van der Waals surface area contributed by atoms with Crippen LogP contribution in [0.2, 0.25) is 5.02 Å². The number of hydrogen-bond acceptors (Lipinski definition) is 2. The third kappa shape index (κ3) is 3.91. The molecular formula is C14H21ClN2O. The minimum Gasteiger partial charge on any atom is -0.381 e. The molecule has 2 N–H and O–H groups in total. The first kappa shape index (κ1) is 14.8. The zero-order valence-electron chi connectivity index (χ0n) is 11.2. The van der Waals surface area contributed by atoms with E-state index in [4.69, 9.17) is 11.6 Å². The summed E-state index contributed by atoms with van der Waals surface area (Å²) in [6, 6.07) is 5.69. The molecule has 4 heteroatoms. The van der Waals surface area contributed by atoms with E-state index in [0.29, 0.717) is 16.6 Å². The quantitative estimate of drug-likeness (QED) is 0.826. The van der Waals surface area contributed by atoms with Crippen LogP contribution in [0.3, 0.4) is 0 Å². The summed E-state index contributed by atoms with van der Waals surface area (Å²) >= 11 is 6.15. The summed E-state index contributed by atoms with van der Waals surface area (Å²) < 4.78 is 0. The van der Waals surface area contributed by atoms with E-state index in [0.717, 1.165) is 24.9 Å². The van der Waals surface area contributed by atoms with Crippen LogP contribution in [0.4, 0.5) is 5.69 Å². The van der Waals surface area contributed by atoms with Crippen molar-refractivity contribution in [3.05, 3.63) is 28.8 Å². The average molecular weight is 269 g/mol. The SMILES string of the molecule is CCCC(CC)Nc1cc(C(=O)NC)ccc1Cl. The summed E-state index contributed by atoms with van der Waals surface area (Å²) in [6.45, 7) is 4.30. The molecule has 0 saturated heterocycles. The molecular weight excluding hydrogens is 248 g/mol. The van der Waals surface area contributed by atoms with Crippen molar-refractivity contribution in [3.63, 3.8) is 0 Å². The first-order valence-electron chi connectivity index (χ1n) is 6.40. The molecule has 18 heavy (non-hydrogen) atoms. The van der Waals surface area contributed by atoms with Crippen molar-refractivity contribution in [3.8, 4) is 0 Å². The van der Waals surface area contributed by atoms with Gasteiger partial charge in [-0.15, -0.1) is 0 Å². The van der Waals surface area contributed by atoms with Crippen molar-refractivity contribution >= 4 is 23.2 Å². The van der Waals surface area contributed by atoms with Crippen LogP contribution in [0.1, 0.15) is 43.5 Å². The molecule has 3 nitrogen and oxygen atoms in total. The molecule has 1 atom stereocenters. The van der Waals surface area contributed by atoms with Gasteiger partial charge in [0.15, 0.2) is 0 Å². The fraction of sp³-hybridized carbons (Fsp3) is 0.500.